The third-order valence-corrected chi connectivity index (χ3v) is 13.5. The van der Waals surface area contributed by atoms with Crippen molar-refractivity contribution in [1.82, 2.24) is 4.57 Å². The van der Waals surface area contributed by atoms with Crippen molar-refractivity contribution in [3.05, 3.63) is 131 Å². The highest BCUT2D eigenvalue weighted by Crippen LogP contribution is 2.69. The summed E-state index contributed by atoms with van der Waals surface area (Å²) in [6.07, 6.45) is 7.03. The highest BCUT2D eigenvalue weighted by molar-refractivity contribution is 6.10. The molecular formula is C48H50N2. The van der Waals surface area contributed by atoms with E-state index in [1.165, 1.54) is 87.8 Å². The summed E-state index contributed by atoms with van der Waals surface area (Å²) in [4.78, 5) is 2.63. The number of nitrogens with zero attached hydrogens (tertiary/aromatic N) is 2. The first-order valence-corrected chi connectivity index (χ1v) is 19.2. The van der Waals surface area contributed by atoms with Crippen LogP contribution in [-0.2, 0) is 16.2 Å². The Morgan fingerprint density at radius 2 is 0.900 bits per heavy atom. The van der Waals surface area contributed by atoms with Crippen LogP contribution < -0.4 is 4.90 Å². The highest BCUT2D eigenvalue weighted by atomic mass is 15.2. The van der Waals surface area contributed by atoms with E-state index in [0.717, 1.165) is 23.7 Å². The molecule has 0 unspecified atom stereocenters. The van der Waals surface area contributed by atoms with Gasteiger partial charge in [0.1, 0.15) is 0 Å². The Labute approximate surface area is 298 Å². The number of hydrogen-bond donors (Lipinski definition) is 0. The summed E-state index contributed by atoms with van der Waals surface area (Å²) in [6.45, 7) is 13.9. The lowest BCUT2D eigenvalue weighted by Gasteiger charge is -2.64. The first-order valence-electron chi connectivity index (χ1n) is 19.2. The smallest absolute Gasteiger partial charge is 0.0702 e. The molecule has 0 N–H and O–H groups in total. The van der Waals surface area contributed by atoms with Gasteiger partial charge in [-0.25, -0.2) is 0 Å². The zero-order valence-corrected chi connectivity index (χ0v) is 30.6. The van der Waals surface area contributed by atoms with Crippen LogP contribution in [0.15, 0.2) is 109 Å². The molecule has 2 heterocycles. The molecule has 4 aliphatic carbocycles. The van der Waals surface area contributed by atoms with Gasteiger partial charge in [-0.15, -0.1) is 0 Å². The van der Waals surface area contributed by atoms with Crippen LogP contribution >= 0.6 is 0 Å². The van der Waals surface area contributed by atoms with E-state index in [1.807, 2.05) is 0 Å². The van der Waals surface area contributed by atoms with Crippen LogP contribution in [-0.4, -0.2) is 4.57 Å². The number of rotatable bonds is 2. The zero-order chi connectivity index (χ0) is 34.2. The van der Waals surface area contributed by atoms with Crippen LogP contribution in [0.25, 0.3) is 27.5 Å². The number of para-hydroxylation sites is 4. The molecule has 4 saturated carbocycles. The third kappa shape index (κ3) is 4.14. The van der Waals surface area contributed by atoms with Crippen molar-refractivity contribution in [2.24, 2.45) is 23.7 Å². The van der Waals surface area contributed by atoms with Crippen molar-refractivity contribution in [1.29, 1.82) is 0 Å². The molecule has 5 aromatic carbocycles. The van der Waals surface area contributed by atoms with Crippen molar-refractivity contribution >= 4 is 38.9 Å². The molecular weight excluding hydrogens is 605 g/mol. The molecule has 0 saturated heterocycles. The van der Waals surface area contributed by atoms with Gasteiger partial charge in [-0.2, -0.15) is 0 Å². The molecule has 5 aliphatic rings. The van der Waals surface area contributed by atoms with E-state index in [2.05, 4.69) is 160 Å². The Kier molecular flexibility index (Phi) is 6.33. The van der Waals surface area contributed by atoms with Crippen LogP contribution in [0.3, 0.4) is 0 Å². The molecule has 1 spiro atoms. The fraction of sp³-hybridized carbons (Fsp3) is 0.375. The lowest BCUT2D eigenvalue weighted by molar-refractivity contribution is -0.0419. The monoisotopic (exact) mass is 654 g/mol. The first-order chi connectivity index (χ1) is 24.0. The summed E-state index contributed by atoms with van der Waals surface area (Å²) in [6, 6.07) is 42.6. The van der Waals surface area contributed by atoms with Gasteiger partial charge in [0.25, 0.3) is 0 Å². The SMILES string of the molecule is CC(C)(C)c1ccc2c(c1)c1cc(C(C)(C)C)ccc1n2-c1ccccc1N1c2ccccc2C2(c3ccccc31)C1CC3CC(C1)CC2C3. The van der Waals surface area contributed by atoms with E-state index < -0.39 is 0 Å². The summed E-state index contributed by atoms with van der Waals surface area (Å²) < 4.78 is 2.55. The molecule has 0 amide bonds. The molecule has 0 radical (unpaired) electrons. The molecule has 50 heavy (non-hydrogen) atoms. The van der Waals surface area contributed by atoms with E-state index in [1.54, 1.807) is 11.1 Å². The Morgan fingerprint density at radius 3 is 1.36 bits per heavy atom. The van der Waals surface area contributed by atoms with Crippen molar-refractivity contribution in [3.63, 3.8) is 0 Å². The minimum atomic E-state index is 0.0667. The summed E-state index contributed by atoms with van der Waals surface area (Å²) in [5.74, 6) is 3.30. The van der Waals surface area contributed by atoms with Crippen molar-refractivity contribution in [2.75, 3.05) is 4.90 Å². The number of anilines is 3. The quantitative estimate of drug-likeness (QED) is 0.180. The summed E-state index contributed by atoms with van der Waals surface area (Å²) in [5, 5.41) is 2.67. The minimum Gasteiger partial charge on any atom is -0.308 e. The van der Waals surface area contributed by atoms with Gasteiger partial charge in [0.2, 0.25) is 0 Å². The van der Waals surface area contributed by atoms with Crippen LogP contribution in [0.5, 0.6) is 0 Å². The predicted octanol–water partition coefficient (Wildman–Crippen LogP) is 12.9. The van der Waals surface area contributed by atoms with E-state index in [4.69, 9.17) is 0 Å². The normalized spacial score (nSPS) is 23.5. The van der Waals surface area contributed by atoms with E-state index in [-0.39, 0.29) is 16.2 Å². The van der Waals surface area contributed by atoms with Crippen molar-refractivity contribution in [2.45, 2.75) is 89.9 Å². The van der Waals surface area contributed by atoms with Gasteiger partial charge in [-0.1, -0.05) is 102 Å². The van der Waals surface area contributed by atoms with Crippen LogP contribution in [0.4, 0.5) is 17.1 Å². The Hall–Kier alpha value is -4.30. The molecule has 0 atom stereocenters. The standard InChI is InChI=1S/C48H50N2/c1-46(2,3)32-19-21-40-36(28-32)37-29-33(47(4,5)6)20-22-41(37)49(40)44-17-11-12-18-45(44)50-42-15-9-7-13-38(42)48(39-14-8-10-16-43(39)50)34-24-30-23-31(26-34)27-35(48)25-30/h7-22,28-31,34-35H,23-27H2,1-6H3. The molecule has 11 rings (SSSR count). The third-order valence-electron chi connectivity index (χ3n) is 13.5. The second-order valence-corrected chi connectivity index (χ2v) is 18.3. The van der Waals surface area contributed by atoms with Crippen LogP contribution in [0.2, 0.25) is 0 Å². The molecule has 1 aromatic heterocycles. The zero-order valence-electron chi connectivity index (χ0n) is 30.6. The Bertz CT molecular complexity index is 2170. The molecule has 252 valence electrons. The Balaban J connectivity index is 1.24. The lowest BCUT2D eigenvalue weighted by Crippen LogP contribution is -2.57. The second-order valence-electron chi connectivity index (χ2n) is 18.3. The Morgan fingerprint density at radius 1 is 0.480 bits per heavy atom. The molecule has 1 aliphatic heterocycles. The van der Waals surface area contributed by atoms with E-state index in [9.17, 15) is 0 Å². The number of aromatic nitrogens is 1. The van der Waals surface area contributed by atoms with Gasteiger partial charge in [0, 0.05) is 16.2 Å². The first kappa shape index (κ1) is 30.5. The van der Waals surface area contributed by atoms with Crippen LogP contribution in [0, 0.1) is 23.7 Å². The van der Waals surface area contributed by atoms with E-state index >= 15 is 0 Å². The average molecular weight is 655 g/mol. The maximum atomic E-state index is 2.63. The molecule has 2 heteroatoms. The molecule has 4 fully saturated rings. The minimum absolute atomic E-state index is 0.0667. The topological polar surface area (TPSA) is 8.17 Å². The van der Waals surface area contributed by atoms with E-state index in [0.29, 0.717) is 0 Å². The van der Waals surface area contributed by atoms with Gasteiger partial charge in [-0.05, 0) is 137 Å². The summed E-state index contributed by atoms with van der Waals surface area (Å²) in [7, 11) is 0. The maximum absolute atomic E-state index is 2.63. The van der Waals surface area contributed by atoms with Gasteiger partial charge in [0.05, 0.1) is 33.8 Å². The molecule has 4 bridgehead atoms. The largest absolute Gasteiger partial charge is 0.308 e. The van der Waals surface area contributed by atoms with Crippen molar-refractivity contribution in [3.8, 4) is 5.69 Å². The number of fused-ring (bicyclic) bond motifs is 5. The lowest BCUT2D eigenvalue weighted by atomic mass is 9.41. The molecule has 2 nitrogen and oxygen atoms in total. The summed E-state index contributed by atoms with van der Waals surface area (Å²) in [5.41, 5.74) is 13.9. The summed E-state index contributed by atoms with van der Waals surface area (Å²) >= 11 is 0. The van der Waals surface area contributed by atoms with Gasteiger partial charge >= 0.3 is 0 Å². The second kappa shape index (κ2) is 10.4. The van der Waals surface area contributed by atoms with Gasteiger partial charge in [-0.3, -0.25) is 0 Å². The maximum Gasteiger partial charge on any atom is 0.0702 e. The molecule has 6 aromatic rings. The van der Waals surface area contributed by atoms with Crippen molar-refractivity contribution < 1.29 is 0 Å². The number of benzene rings is 5. The fourth-order valence-corrected chi connectivity index (χ4v) is 11.4. The van der Waals surface area contributed by atoms with Gasteiger partial charge in [0.15, 0.2) is 0 Å². The highest BCUT2D eigenvalue weighted by Gasteiger charge is 2.61. The average Bonchev–Trinajstić information content (AvgIpc) is 3.42. The predicted molar refractivity (Wildman–Crippen MR) is 211 cm³/mol. The van der Waals surface area contributed by atoms with Gasteiger partial charge < -0.3 is 9.47 Å². The fourth-order valence-electron chi connectivity index (χ4n) is 11.4. The number of hydrogen-bond acceptors (Lipinski definition) is 1. The van der Waals surface area contributed by atoms with Crippen LogP contribution in [0.1, 0.15) is 95.9 Å².